The Bertz CT molecular complexity index is 760. The molecule has 0 spiro atoms. The summed E-state index contributed by atoms with van der Waals surface area (Å²) in [5, 5.41) is 0.740. The van der Waals surface area contributed by atoms with Crippen LogP contribution in [0.25, 0.3) is 22.6 Å². The topological polar surface area (TPSA) is 52.0 Å². The summed E-state index contributed by atoms with van der Waals surface area (Å²) in [7, 11) is 0. The van der Waals surface area contributed by atoms with Crippen molar-refractivity contribution in [3.8, 4) is 11.5 Å². The van der Waals surface area contributed by atoms with Crippen molar-refractivity contribution >= 4 is 28.4 Å². The lowest BCUT2D eigenvalue weighted by Gasteiger charge is -2.00. The number of hydrogen-bond donors (Lipinski definition) is 1. The Morgan fingerprint density at radius 2 is 1.84 bits per heavy atom. The van der Waals surface area contributed by atoms with Crippen LogP contribution in [0, 0.1) is 13.8 Å². The highest BCUT2D eigenvalue weighted by Gasteiger charge is 2.13. The van der Waals surface area contributed by atoms with Gasteiger partial charge in [-0.25, -0.2) is 4.98 Å². The Morgan fingerprint density at radius 1 is 1.16 bits per heavy atom. The molecule has 1 aromatic heterocycles. The van der Waals surface area contributed by atoms with Gasteiger partial charge < -0.3 is 10.2 Å². The molecule has 0 aliphatic carbocycles. The van der Waals surface area contributed by atoms with Gasteiger partial charge in [-0.3, -0.25) is 0 Å². The Labute approximate surface area is 116 Å². The molecule has 3 rings (SSSR count). The van der Waals surface area contributed by atoms with Crippen molar-refractivity contribution in [3.05, 3.63) is 46.5 Å². The van der Waals surface area contributed by atoms with Crippen molar-refractivity contribution in [3.63, 3.8) is 0 Å². The molecule has 0 radical (unpaired) electrons. The molecule has 0 amide bonds. The smallest absolute Gasteiger partial charge is 0.227 e. The Morgan fingerprint density at radius 3 is 2.53 bits per heavy atom. The molecule has 0 saturated heterocycles. The zero-order valence-corrected chi connectivity index (χ0v) is 11.5. The number of benzene rings is 2. The van der Waals surface area contributed by atoms with E-state index in [-0.39, 0.29) is 0 Å². The molecule has 19 heavy (non-hydrogen) atoms. The minimum absolute atomic E-state index is 0.583. The summed E-state index contributed by atoms with van der Waals surface area (Å²) < 4.78 is 5.80. The summed E-state index contributed by atoms with van der Waals surface area (Å²) in [6, 6.07) is 9.36. The summed E-state index contributed by atoms with van der Waals surface area (Å²) in [4.78, 5) is 4.52. The number of oxazole rings is 1. The molecule has 0 aliphatic heterocycles. The first-order chi connectivity index (χ1) is 9.06. The Kier molecular flexibility index (Phi) is 2.72. The second kappa shape index (κ2) is 4.28. The van der Waals surface area contributed by atoms with Gasteiger partial charge in [0.05, 0.1) is 0 Å². The van der Waals surface area contributed by atoms with Gasteiger partial charge in [0.15, 0.2) is 5.58 Å². The maximum absolute atomic E-state index is 6.23. The van der Waals surface area contributed by atoms with E-state index in [1.807, 2.05) is 44.2 Å². The van der Waals surface area contributed by atoms with Crippen molar-refractivity contribution in [2.75, 3.05) is 5.73 Å². The second-order valence-corrected chi connectivity index (χ2v) is 5.00. The van der Waals surface area contributed by atoms with Crippen LogP contribution >= 0.6 is 11.6 Å². The maximum Gasteiger partial charge on any atom is 0.227 e. The Hall–Kier alpha value is -2.00. The molecule has 1 heterocycles. The van der Waals surface area contributed by atoms with Crippen LogP contribution < -0.4 is 5.73 Å². The first-order valence-electron chi connectivity index (χ1n) is 5.98. The molecule has 0 unspecified atom stereocenters. The lowest BCUT2D eigenvalue weighted by molar-refractivity contribution is 0.619. The van der Waals surface area contributed by atoms with E-state index in [2.05, 4.69) is 4.98 Å². The zero-order chi connectivity index (χ0) is 13.6. The van der Waals surface area contributed by atoms with E-state index < -0.39 is 0 Å². The fourth-order valence-corrected chi connectivity index (χ4v) is 2.25. The number of nitrogens with two attached hydrogens (primary N) is 1. The second-order valence-electron chi connectivity index (χ2n) is 4.62. The van der Waals surface area contributed by atoms with Gasteiger partial charge in [0, 0.05) is 16.3 Å². The number of nitrogen functional groups attached to an aromatic ring is 1. The van der Waals surface area contributed by atoms with Crippen LogP contribution in [0.5, 0.6) is 0 Å². The standard InChI is InChI=1S/C15H13ClN2O/c1-8-7-12-14(9(2)13(8)16)18-15(19-12)10-3-5-11(17)6-4-10/h3-7H,17H2,1-2H3. The number of nitrogens with zero attached hydrogens (tertiary/aromatic N) is 1. The lowest BCUT2D eigenvalue weighted by Crippen LogP contribution is -1.84. The molecule has 3 nitrogen and oxygen atoms in total. The van der Waals surface area contributed by atoms with Gasteiger partial charge >= 0.3 is 0 Å². The van der Waals surface area contributed by atoms with Gasteiger partial charge in [0.1, 0.15) is 5.52 Å². The van der Waals surface area contributed by atoms with E-state index in [4.69, 9.17) is 21.8 Å². The predicted molar refractivity (Wildman–Crippen MR) is 78.3 cm³/mol. The van der Waals surface area contributed by atoms with Crippen molar-refractivity contribution in [1.29, 1.82) is 0 Å². The van der Waals surface area contributed by atoms with E-state index in [1.165, 1.54) is 0 Å². The van der Waals surface area contributed by atoms with Crippen LogP contribution in [0.2, 0.25) is 5.02 Å². The van der Waals surface area contributed by atoms with Gasteiger partial charge in [-0.15, -0.1) is 0 Å². The molecule has 0 atom stereocenters. The fourth-order valence-electron chi connectivity index (χ4n) is 2.11. The number of halogens is 1. The molecule has 0 fully saturated rings. The highest BCUT2D eigenvalue weighted by atomic mass is 35.5. The van der Waals surface area contributed by atoms with Crippen LogP contribution in [0.15, 0.2) is 34.7 Å². The summed E-state index contributed by atoms with van der Waals surface area (Å²) in [5.41, 5.74) is 10.8. The van der Waals surface area contributed by atoms with Crippen LogP contribution in [0.1, 0.15) is 11.1 Å². The summed E-state index contributed by atoms with van der Waals surface area (Å²) in [5.74, 6) is 0.583. The van der Waals surface area contributed by atoms with Gasteiger partial charge in [0.25, 0.3) is 0 Å². The average molecular weight is 273 g/mol. The monoisotopic (exact) mass is 272 g/mol. The van der Waals surface area contributed by atoms with Gasteiger partial charge in [-0.2, -0.15) is 0 Å². The molecule has 2 aromatic carbocycles. The highest BCUT2D eigenvalue weighted by Crippen LogP contribution is 2.32. The minimum atomic E-state index is 0.583. The Balaban J connectivity index is 2.22. The number of fused-ring (bicyclic) bond motifs is 1. The molecule has 2 N–H and O–H groups in total. The van der Waals surface area contributed by atoms with Gasteiger partial charge in [-0.1, -0.05) is 11.6 Å². The predicted octanol–water partition coefficient (Wildman–Crippen LogP) is 4.35. The number of aromatic nitrogens is 1. The number of anilines is 1. The van der Waals surface area contributed by atoms with Crippen LogP contribution in [0.3, 0.4) is 0 Å². The van der Waals surface area contributed by atoms with Crippen LogP contribution in [-0.2, 0) is 0 Å². The lowest BCUT2D eigenvalue weighted by atomic mass is 10.1. The zero-order valence-electron chi connectivity index (χ0n) is 10.7. The molecule has 0 aliphatic rings. The van der Waals surface area contributed by atoms with Crippen LogP contribution in [0.4, 0.5) is 5.69 Å². The number of hydrogen-bond acceptors (Lipinski definition) is 3. The molecule has 4 heteroatoms. The van der Waals surface area contributed by atoms with Gasteiger partial charge in [0.2, 0.25) is 5.89 Å². The van der Waals surface area contributed by atoms with Crippen molar-refractivity contribution < 1.29 is 4.42 Å². The number of aryl methyl sites for hydroxylation is 2. The minimum Gasteiger partial charge on any atom is -0.436 e. The SMILES string of the molecule is Cc1cc2oc(-c3ccc(N)cc3)nc2c(C)c1Cl. The van der Waals surface area contributed by atoms with Crippen LogP contribution in [-0.4, -0.2) is 4.98 Å². The van der Waals surface area contributed by atoms with Crippen molar-refractivity contribution in [2.45, 2.75) is 13.8 Å². The molecule has 0 saturated carbocycles. The van der Waals surface area contributed by atoms with E-state index >= 15 is 0 Å². The van der Waals surface area contributed by atoms with E-state index in [0.29, 0.717) is 5.89 Å². The third kappa shape index (κ3) is 1.96. The summed E-state index contributed by atoms with van der Waals surface area (Å²) >= 11 is 6.23. The van der Waals surface area contributed by atoms with E-state index in [9.17, 15) is 0 Å². The quantitative estimate of drug-likeness (QED) is 0.670. The van der Waals surface area contributed by atoms with E-state index in [1.54, 1.807) is 0 Å². The molecule has 0 bridgehead atoms. The first-order valence-corrected chi connectivity index (χ1v) is 6.36. The third-order valence-corrected chi connectivity index (χ3v) is 3.77. The fraction of sp³-hybridized carbons (Fsp3) is 0.133. The maximum atomic E-state index is 6.23. The highest BCUT2D eigenvalue weighted by molar-refractivity contribution is 6.33. The third-order valence-electron chi connectivity index (χ3n) is 3.19. The molecule has 96 valence electrons. The van der Waals surface area contributed by atoms with Crippen molar-refractivity contribution in [2.24, 2.45) is 0 Å². The molecular formula is C15H13ClN2O. The van der Waals surface area contributed by atoms with Crippen molar-refractivity contribution in [1.82, 2.24) is 4.98 Å². The normalized spacial score (nSPS) is 11.1. The first kappa shape index (κ1) is 12.1. The summed E-state index contributed by atoms with van der Waals surface area (Å²) in [6.45, 7) is 3.91. The largest absolute Gasteiger partial charge is 0.436 e. The van der Waals surface area contributed by atoms with Gasteiger partial charge in [-0.05, 0) is 55.3 Å². The summed E-state index contributed by atoms with van der Waals surface area (Å²) in [6.07, 6.45) is 0. The van der Waals surface area contributed by atoms with E-state index in [0.717, 1.165) is 38.5 Å². The molecular weight excluding hydrogens is 260 g/mol. The number of rotatable bonds is 1. The molecule has 3 aromatic rings. The average Bonchev–Trinajstić information content (AvgIpc) is 2.81.